The summed E-state index contributed by atoms with van der Waals surface area (Å²) in [5.74, 6) is -0.626. The molecule has 0 aliphatic heterocycles. The van der Waals surface area contributed by atoms with Crippen molar-refractivity contribution in [1.29, 1.82) is 0 Å². The third kappa shape index (κ3) is 5.29. The first-order valence-corrected chi connectivity index (χ1v) is 8.71. The van der Waals surface area contributed by atoms with Crippen molar-refractivity contribution in [2.75, 3.05) is 5.75 Å². The third-order valence-corrected chi connectivity index (χ3v) is 4.10. The van der Waals surface area contributed by atoms with Crippen LogP contribution in [0, 0.1) is 6.92 Å². The number of esters is 1. The van der Waals surface area contributed by atoms with Crippen LogP contribution >= 0.6 is 11.8 Å². The van der Waals surface area contributed by atoms with E-state index in [0.29, 0.717) is 11.3 Å². The number of ketones is 1. The molecule has 0 bridgehead atoms. The Morgan fingerprint density at radius 2 is 1.84 bits per heavy atom. The lowest BCUT2D eigenvalue weighted by atomic mass is 10.2. The molecule has 0 aliphatic carbocycles. The van der Waals surface area contributed by atoms with Crippen molar-refractivity contribution in [2.45, 2.75) is 38.3 Å². The first kappa shape index (κ1) is 18.9. The number of aromatic nitrogens is 2. The number of nitrogens with one attached hydrogen (secondary N) is 1. The molecule has 7 heteroatoms. The van der Waals surface area contributed by atoms with Gasteiger partial charge in [0.25, 0.3) is 0 Å². The molecule has 25 heavy (non-hydrogen) atoms. The van der Waals surface area contributed by atoms with Crippen molar-refractivity contribution in [3.8, 4) is 0 Å². The Balaban J connectivity index is 2.26. The average Bonchev–Trinajstić information content (AvgIpc) is 2.51. The van der Waals surface area contributed by atoms with Crippen LogP contribution in [0.2, 0.25) is 0 Å². The number of benzene rings is 1. The molecule has 0 atom stereocenters. The summed E-state index contributed by atoms with van der Waals surface area (Å²) in [5.41, 5.74) is -0.138. The number of carbonyl (C=O) groups is 2. The van der Waals surface area contributed by atoms with Gasteiger partial charge in [-0.25, -0.2) is 9.59 Å². The maximum absolute atomic E-state index is 12.4. The van der Waals surface area contributed by atoms with Crippen LogP contribution < -0.4 is 5.69 Å². The number of aryl methyl sites for hydroxylation is 1. The maximum Gasteiger partial charge on any atom is 0.346 e. The van der Waals surface area contributed by atoms with Crippen molar-refractivity contribution in [2.24, 2.45) is 0 Å². The first-order valence-electron chi connectivity index (χ1n) is 7.72. The molecule has 0 aliphatic rings. The van der Waals surface area contributed by atoms with E-state index >= 15 is 0 Å². The van der Waals surface area contributed by atoms with Gasteiger partial charge >= 0.3 is 11.7 Å². The predicted octanol–water partition coefficient (Wildman–Crippen LogP) is 3.01. The normalized spacial score (nSPS) is 11.2. The summed E-state index contributed by atoms with van der Waals surface area (Å²) in [5, 5.41) is 0.194. The number of ether oxygens (including phenoxy) is 1. The number of hydrogen-bond acceptors (Lipinski definition) is 6. The van der Waals surface area contributed by atoms with Gasteiger partial charge in [-0.2, -0.15) is 4.98 Å². The van der Waals surface area contributed by atoms with Crippen molar-refractivity contribution in [3.05, 3.63) is 57.6 Å². The number of rotatable bonds is 5. The summed E-state index contributed by atoms with van der Waals surface area (Å²) in [6.07, 6.45) is 0. The smallest absolute Gasteiger partial charge is 0.346 e. The fraction of sp³-hybridized carbons (Fsp3) is 0.333. The Hall–Kier alpha value is -2.41. The molecule has 0 unspecified atom stereocenters. The summed E-state index contributed by atoms with van der Waals surface area (Å²) in [6, 6.07) is 8.81. The molecular weight excluding hydrogens is 340 g/mol. The highest BCUT2D eigenvalue weighted by molar-refractivity contribution is 8.00. The molecule has 1 aromatic carbocycles. The highest BCUT2D eigenvalue weighted by Gasteiger charge is 2.24. The van der Waals surface area contributed by atoms with E-state index in [0.717, 1.165) is 11.8 Å². The van der Waals surface area contributed by atoms with Gasteiger partial charge in [-0.15, -0.1) is 0 Å². The molecule has 0 saturated carbocycles. The van der Waals surface area contributed by atoms with Crippen LogP contribution in [-0.2, 0) is 4.74 Å². The topological polar surface area (TPSA) is 89.1 Å². The van der Waals surface area contributed by atoms with Crippen LogP contribution in [0.3, 0.4) is 0 Å². The number of thioether (sulfide) groups is 1. The minimum Gasteiger partial charge on any atom is -0.456 e. The van der Waals surface area contributed by atoms with Gasteiger partial charge in [-0.1, -0.05) is 42.1 Å². The van der Waals surface area contributed by atoms with Crippen molar-refractivity contribution >= 4 is 23.5 Å². The number of hydrogen-bond donors (Lipinski definition) is 1. The van der Waals surface area contributed by atoms with Crippen LogP contribution in [0.5, 0.6) is 0 Å². The van der Waals surface area contributed by atoms with E-state index < -0.39 is 17.3 Å². The lowest BCUT2D eigenvalue weighted by molar-refractivity contribution is 0.00629. The van der Waals surface area contributed by atoms with E-state index in [1.54, 1.807) is 52.0 Å². The van der Waals surface area contributed by atoms with Crippen LogP contribution in [-0.4, -0.2) is 33.1 Å². The van der Waals surface area contributed by atoms with Gasteiger partial charge in [-0.05, 0) is 27.7 Å². The third-order valence-electron chi connectivity index (χ3n) is 3.13. The molecule has 2 aromatic rings. The minimum atomic E-state index is -0.679. The van der Waals surface area contributed by atoms with Crippen LogP contribution in [0.4, 0.5) is 0 Å². The van der Waals surface area contributed by atoms with Crippen molar-refractivity contribution < 1.29 is 14.3 Å². The summed E-state index contributed by atoms with van der Waals surface area (Å²) >= 11 is 1.05. The zero-order valence-electron chi connectivity index (χ0n) is 14.6. The van der Waals surface area contributed by atoms with Gasteiger partial charge in [0, 0.05) is 11.3 Å². The lowest BCUT2D eigenvalue weighted by Gasteiger charge is -2.20. The Morgan fingerprint density at radius 1 is 1.20 bits per heavy atom. The molecule has 0 amide bonds. The molecule has 2 rings (SSSR count). The number of aromatic amines is 1. The van der Waals surface area contributed by atoms with Crippen molar-refractivity contribution in [3.63, 3.8) is 0 Å². The Morgan fingerprint density at radius 3 is 2.44 bits per heavy atom. The van der Waals surface area contributed by atoms with E-state index in [1.807, 2.05) is 6.07 Å². The summed E-state index contributed by atoms with van der Waals surface area (Å²) in [6.45, 7) is 6.87. The second-order valence-corrected chi connectivity index (χ2v) is 7.39. The number of H-pyrrole nitrogens is 1. The summed E-state index contributed by atoms with van der Waals surface area (Å²) in [4.78, 5) is 42.7. The standard InChI is InChI=1S/C18H20N2O4S/c1-11-14(16(22)24-18(2,3)4)15(20-17(23)19-11)25-10-13(21)12-8-6-5-7-9-12/h5-9H,10H2,1-4H3,(H,19,20,23). The molecule has 132 valence electrons. The SMILES string of the molecule is Cc1[nH]c(=O)nc(SCC(=O)c2ccccc2)c1C(=O)OC(C)(C)C. The molecule has 1 heterocycles. The van der Waals surface area contributed by atoms with Gasteiger partial charge in [0.15, 0.2) is 5.78 Å². The highest BCUT2D eigenvalue weighted by Crippen LogP contribution is 2.24. The first-order chi connectivity index (χ1) is 11.7. The van der Waals surface area contributed by atoms with E-state index in [4.69, 9.17) is 4.74 Å². The number of Topliss-reactive ketones (excluding diaryl/α,β-unsaturated/α-hetero) is 1. The van der Waals surface area contributed by atoms with Gasteiger partial charge in [-0.3, -0.25) is 4.79 Å². The lowest BCUT2D eigenvalue weighted by Crippen LogP contribution is -2.27. The van der Waals surface area contributed by atoms with Crippen molar-refractivity contribution in [1.82, 2.24) is 9.97 Å². The zero-order valence-corrected chi connectivity index (χ0v) is 15.4. The quantitative estimate of drug-likeness (QED) is 0.382. The fourth-order valence-electron chi connectivity index (χ4n) is 2.07. The van der Waals surface area contributed by atoms with E-state index in [9.17, 15) is 14.4 Å². The Kier molecular flexibility index (Phi) is 5.79. The molecular formula is C18H20N2O4S. The number of nitrogens with zero attached hydrogens (tertiary/aromatic N) is 1. The van der Waals surface area contributed by atoms with Crippen LogP contribution in [0.1, 0.15) is 47.2 Å². The number of carbonyl (C=O) groups excluding carboxylic acids is 2. The fourth-order valence-corrected chi connectivity index (χ4v) is 3.04. The largest absolute Gasteiger partial charge is 0.456 e. The van der Waals surface area contributed by atoms with Gasteiger partial charge in [0.05, 0.1) is 5.75 Å². The maximum atomic E-state index is 12.4. The molecule has 1 aromatic heterocycles. The van der Waals surface area contributed by atoms with Gasteiger partial charge in [0.2, 0.25) is 0 Å². The minimum absolute atomic E-state index is 0.0652. The highest BCUT2D eigenvalue weighted by atomic mass is 32.2. The second-order valence-electron chi connectivity index (χ2n) is 6.43. The second kappa shape index (κ2) is 7.65. The zero-order chi connectivity index (χ0) is 18.6. The Bertz CT molecular complexity index is 838. The molecule has 6 nitrogen and oxygen atoms in total. The van der Waals surface area contributed by atoms with E-state index in [-0.39, 0.29) is 22.1 Å². The molecule has 0 spiro atoms. The predicted molar refractivity (Wildman–Crippen MR) is 96.3 cm³/mol. The van der Waals surface area contributed by atoms with Gasteiger partial charge < -0.3 is 9.72 Å². The van der Waals surface area contributed by atoms with Gasteiger partial charge in [0.1, 0.15) is 16.2 Å². The molecule has 0 radical (unpaired) electrons. The summed E-state index contributed by atoms with van der Waals surface area (Å²) in [7, 11) is 0. The molecule has 0 fully saturated rings. The van der Waals surface area contributed by atoms with Crippen LogP contribution in [0.25, 0.3) is 0 Å². The van der Waals surface area contributed by atoms with E-state index in [1.165, 1.54) is 0 Å². The molecule has 1 N–H and O–H groups in total. The molecule has 0 saturated heterocycles. The summed E-state index contributed by atoms with van der Waals surface area (Å²) < 4.78 is 5.38. The monoisotopic (exact) mass is 360 g/mol. The Labute approximate surface area is 150 Å². The van der Waals surface area contributed by atoms with E-state index in [2.05, 4.69) is 9.97 Å². The average molecular weight is 360 g/mol. The van der Waals surface area contributed by atoms with Crippen LogP contribution in [0.15, 0.2) is 40.2 Å².